The number of methoxy groups -OCH3 is 1. The zero-order valence-corrected chi connectivity index (χ0v) is 22.8. The van der Waals surface area contributed by atoms with E-state index in [1.165, 1.54) is 7.11 Å². The Balaban J connectivity index is 1.44. The van der Waals surface area contributed by atoms with Gasteiger partial charge < -0.3 is 24.0 Å². The van der Waals surface area contributed by atoms with Gasteiger partial charge in [-0.2, -0.15) is 5.10 Å². The monoisotopic (exact) mass is 537 g/mol. The van der Waals surface area contributed by atoms with E-state index in [1.54, 1.807) is 17.0 Å². The number of rotatable bonds is 4. The van der Waals surface area contributed by atoms with Gasteiger partial charge in [-0.15, -0.1) is 0 Å². The van der Waals surface area contributed by atoms with Crippen LogP contribution in [0.1, 0.15) is 39.7 Å². The van der Waals surface area contributed by atoms with E-state index < -0.39 is 11.7 Å². The maximum absolute atomic E-state index is 12.6. The smallest absolute Gasteiger partial charge is 0.411 e. The van der Waals surface area contributed by atoms with Crippen LogP contribution in [0.3, 0.4) is 0 Å². The van der Waals surface area contributed by atoms with Crippen molar-refractivity contribution in [1.29, 1.82) is 0 Å². The standard InChI is InChI=1S/C27H35N7O5/c1-27(2,3)39-26(36)33-11-9-20(10-12-33)34-24-21(17-28-34)23(32-13-15-38-16-14-32)30-22(31-24)18-5-7-19(8-6-18)29-25(35)37-4/h5-8,17,20H,9-16H2,1-4H3,(H,29,35). The first-order valence-electron chi connectivity index (χ1n) is 13.2. The van der Waals surface area contributed by atoms with Crippen molar-refractivity contribution in [2.45, 2.75) is 45.3 Å². The molecular weight excluding hydrogens is 502 g/mol. The number of anilines is 2. The first-order chi connectivity index (χ1) is 18.7. The van der Waals surface area contributed by atoms with Gasteiger partial charge in [0, 0.05) is 37.4 Å². The summed E-state index contributed by atoms with van der Waals surface area (Å²) < 4.78 is 17.8. The average molecular weight is 538 g/mol. The molecule has 5 rings (SSSR count). The maximum atomic E-state index is 12.6. The molecule has 0 spiro atoms. The summed E-state index contributed by atoms with van der Waals surface area (Å²) in [7, 11) is 1.32. The average Bonchev–Trinajstić information content (AvgIpc) is 3.36. The number of benzene rings is 1. The van der Waals surface area contributed by atoms with E-state index in [2.05, 4.69) is 15.0 Å². The van der Waals surface area contributed by atoms with Crippen molar-refractivity contribution in [2.24, 2.45) is 0 Å². The number of carbonyl (C=O) groups is 2. The van der Waals surface area contributed by atoms with E-state index in [4.69, 9.17) is 24.5 Å². The van der Waals surface area contributed by atoms with Crippen LogP contribution in [0.2, 0.25) is 0 Å². The second-order valence-corrected chi connectivity index (χ2v) is 10.7. The van der Waals surface area contributed by atoms with Crippen LogP contribution in [0.25, 0.3) is 22.4 Å². The van der Waals surface area contributed by atoms with E-state index >= 15 is 0 Å². The molecule has 0 saturated carbocycles. The molecule has 0 unspecified atom stereocenters. The number of fused-ring (bicyclic) bond motifs is 1. The van der Waals surface area contributed by atoms with Gasteiger partial charge in [0.1, 0.15) is 11.4 Å². The van der Waals surface area contributed by atoms with Crippen LogP contribution in [0.15, 0.2) is 30.5 Å². The van der Waals surface area contributed by atoms with Crippen LogP contribution in [-0.2, 0) is 14.2 Å². The van der Waals surface area contributed by atoms with Crippen LogP contribution in [0, 0.1) is 0 Å². The number of nitrogens with one attached hydrogen (secondary N) is 1. The lowest BCUT2D eigenvalue weighted by Gasteiger charge is -2.33. The van der Waals surface area contributed by atoms with Gasteiger partial charge in [-0.05, 0) is 57.9 Å². The Kier molecular flexibility index (Phi) is 7.56. The number of hydrogen-bond donors (Lipinski definition) is 1. The molecule has 0 bridgehead atoms. The summed E-state index contributed by atoms with van der Waals surface area (Å²) in [5.74, 6) is 1.40. The molecule has 12 nitrogen and oxygen atoms in total. The Hall–Kier alpha value is -3.93. The molecule has 2 fully saturated rings. The highest BCUT2D eigenvalue weighted by atomic mass is 16.6. The van der Waals surface area contributed by atoms with Crippen LogP contribution < -0.4 is 10.2 Å². The van der Waals surface area contributed by atoms with Crippen molar-refractivity contribution >= 4 is 34.7 Å². The molecule has 208 valence electrons. The lowest BCUT2D eigenvalue weighted by atomic mass is 10.1. The van der Waals surface area contributed by atoms with E-state index in [9.17, 15) is 9.59 Å². The number of carbonyl (C=O) groups excluding carboxylic acids is 2. The topological polar surface area (TPSA) is 124 Å². The second-order valence-electron chi connectivity index (χ2n) is 10.7. The van der Waals surface area contributed by atoms with Gasteiger partial charge in [-0.1, -0.05) is 0 Å². The van der Waals surface area contributed by atoms with Crippen LogP contribution in [-0.4, -0.2) is 88.9 Å². The van der Waals surface area contributed by atoms with Crippen molar-refractivity contribution in [1.82, 2.24) is 24.6 Å². The number of amides is 2. The quantitative estimate of drug-likeness (QED) is 0.524. The summed E-state index contributed by atoms with van der Waals surface area (Å²) in [6.45, 7) is 9.52. The minimum atomic E-state index is -0.531. The van der Waals surface area contributed by atoms with E-state index in [-0.39, 0.29) is 12.1 Å². The molecule has 2 aromatic heterocycles. The van der Waals surface area contributed by atoms with Crippen molar-refractivity contribution in [3.05, 3.63) is 30.5 Å². The number of aromatic nitrogens is 4. The normalized spacial score (nSPS) is 16.8. The molecular formula is C27H35N7O5. The van der Waals surface area contributed by atoms with Crippen molar-refractivity contribution in [3.63, 3.8) is 0 Å². The number of nitrogens with zero attached hydrogens (tertiary/aromatic N) is 6. The molecule has 0 radical (unpaired) electrons. The Bertz CT molecular complexity index is 1320. The number of ether oxygens (including phenoxy) is 3. The molecule has 4 heterocycles. The molecule has 39 heavy (non-hydrogen) atoms. The minimum Gasteiger partial charge on any atom is -0.453 e. The third-order valence-electron chi connectivity index (χ3n) is 6.78. The zero-order chi connectivity index (χ0) is 27.6. The van der Waals surface area contributed by atoms with Gasteiger partial charge in [-0.25, -0.2) is 24.2 Å². The fraction of sp³-hybridized carbons (Fsp3) is 0.519. The molecule has 2 saturated heterocycles. The third kappa shape index (κ3) is 6.06. The van der Waals surface area contributed by atoms with Gasteiger partial charge in [0.2, 0.25) is 0 Å². The highest BCUT2D eigenvalue weighted by Gasteiger charge is 2.30. The van der Waals surface area contributed by atoms with Crippen LogP contribution >= 0.6 is 0 Å². The number of likely N-dealkylation sites (tertiary alicyclic amines) is 1. The maximum Gasteiger partial charge on any atom is 0.411 e. The summed E-state index contributed by atoms with van der Waals surface area (Å²) in [5, 5.41) is 8.30. The molecule has 2 amide bonds. The van der Waals surface area contributed by atoms with Gasteiger partial charge in [0.25, 0.3) is 0 Å². The molecule has 2 aliphatic heterocycles. The zero-order valence-electron chi connectivity index (χ0n) is 22.8. The largest absolute Gasteiger partial charge is 0.453 e. The van der Waals surface area contributed by atoms with Crippen molar-refractivity contribution in [3.8, 4) is 11.4 Å². The Morgan fingerprint density at radius 1 is 1.03 bits per heavy atom. The van der Waals surface area contributed by atoms with E-state index in [1.807, 2.05) is 43.8 Å². The summed E-state index contributed by atoms with van der Waals surface area (Å²) >= 11 is 0. The number of hydrogen-bond acceptors (Lipinski definition) is 9. The molecule has 0 aliphatic carbocycles. The predicted octanol–water partition coefficient (Wildman–Crippen LogP) is 4.08. The molecule has 0 atom stereocenters. The summed E-state index contributed by atoms with van der Waals surface area (Å²) in [6, 6.07) is 7.41. The second kappa shape index (κ2) is 11.0. The van der Waals surface area contributed by atoms with Gasteiger partial charge in [0.05, 0.1) is 37.9 Å². The Morgan fingerprint density at radius 2 is 1.72 bits per heavy atom. The minimum absolute atomic E-state index is 0.0908. The predicted molar refractivity (Wildman–Crippen MR) is 146 cm³/mol. The first kappa shape index (κ1) is 26.7. The molecule has 1 aromatic carbocycles. The molecule has 12 heteroatoms. The van der Waals surface area contributed by atoms with Crippen LogP contribution in [0.4, 0.5) is 21.1 Å². The fourth-order valence-electron chi connectivity index (χ4n) is 4.81. The Morgan fingerprint density at radius 3 is 2.36 bits per heavy atom. The molecule has 1 N–H and O–H groups in total. The first-order valence-corrected chi connectivity index (χ1v) is 13.2. The molecule has 2 aliphatic rings. The lowest BCUT2D eigenvalue weighted by molar-refractivity contribution is 0.0186. The highest BCUT2D eigenvalue weighted by Crippen LogP contribution is 2.32. The summed E-state index contributed by atoms with van der Waals surface area (Å²) in [4.78, 5) is 38.0. The summed E-state index contributed by atoms with van der Waals surface area (Å²) in [5.41, 5.74) is 1.66. The van der Waals surface area contributed by atoms with Gasteiger partial charge >= 0.3 is 12.2 Å². The van der Waals surface area contributed by atoms with E-state index in [0.29, 0.717) is 37.8 Å². The SMILES string of the molecule is COC(=O)Nc1ccc(-c2nc(N3CCOCC3)c3cnn(C4CCN(C(=O)OC(C)(C)C)CC4)c3n2)cc1. The number of piperidine rings is 1. The summed E-state index contributed by atoms with van der Waals surface area (Å²) in [6.07, 6.45) is 2.52. The number of morpholine rings is 1. The van der Waals surface area contributed by atoms with E-state index in [0.717, 1.165) is 48.3 Å². The lowest BCUT2D eigenvalue weighted by Crippen LogP contribution is -2.42. The van der Waals surface area contributed by atoms with Crippen LogP contribution in [0.5, 0.6) is 0 Å². The highest BCUT2D eigenvalue weighted by molar-refractivity contribution is 5.89. The van der Waals surface area contributed by atoms with Gasteiger partial charge in [-0.3, -0.25) is 5.32 Å². The van der Waals surface area contributed by atoms with Crippen molar-refractivity contribution in [2.75, 3.05) is 56.7 Å². The molecule has 3 aromatic rings. The van der Waals surface area contributed by atoms with Crippen molar-refractivity contribution < 1.29 is 23.8 Å². The third-order valence-corrected chi connectivity index (χ3v) is 6.78. The Labute approximate surface area is 227 Å². The van der Waals surface area contributed by atoms with Gasteiger partial charge in [0.15, 0.2) is 11.5 Å². The fourth-order valence-corrected chi connectivity index (χ4v) is 4.81.